The Morgan fingerprint density at radius 3 is 2.44 bits per heavy atom. The molecule has 88 valence electrons. The fourth-order valence-corrected chi connectivity index (χ4v) is 1.71. The Bertz CT molecular complexity index is 701. The lowest BCUT2D eigenvalue weighted by Gasteiger charge is -1.98. The summed E-state index contributed by atoms with van der Waals surface area (Å²) < 4.78 is 1.59. The lowest BCUT2D eigenvalue weighted by Crippen LogP contribution is -2.06. The minimum atomic E-state index is -0.181. The second-order valence-electron chi connectivity index (χ2n) is 3.76. The first-order valence-electron chi connectivity index (χ1n) is 5.49. The summed E-state index contributed by atoms with van der Waals surface area (Å²) in [5.74, 6) is 0.664. The minimum absolute atomic E-state index is 0.181. The summed E-state index contributed by atoms with van der Waals surface area (Å²) in [6.07, 6.45) is 5.04. The van der Waals surface area contributed by atoms with Crippen LogP contribution in [-0.2, 0) is 0 Å². The van der Waals surface area contributed by atoms with Gasteiger partial charge in [-0.1, -0.05) is 12.1 Å². The minimum Gasteiger partial charge on any atom is -0.267 e. The summed E-state index contributed by atoms with van der Waals surface area (Å²) >= 11 is 0. The first-order valence-corrected chi connectivity index (χ1v) is 5.49. The van der Waals surface area contributed by atoms with Crippen LogP contribution in [0, 0.1) is 0 Å². The molecule has 0 amide bonds. The molecule has 0 spiro atoms. The van der Waals surface area contributed by atoms with E-state index in [1.807, 2.05) is 30.3 Å². The van der Waals surface area contributed by atoms with Gasteiger partial charge in [-0.15, -0.1) is 0 Å². The normalized spacial score (nSPS) is 10.4. The van der Waals surface area contributed by atoms with Crippen LogP contribution in [0.5, 0.6) is 0 Å². The maximum atomic E-state index is 11.9. The van der Waals surface area contributed by atoms with E-state index in [1.165, 1.54) is 0 Å². The summed E-state index contributed by atoms with van der Waals surface area (Å²) in [4.78, 5) is 20.2. The fourth-order valence-electron chi connectivity index (χ4n) is 1.71. The van der Waals surface area contributed by atoms with E-state index in [1.54, 1.807) is 29.3 Å². The number of pyridine rings is 2. The number of aromatic nitrogens is 4. The molecule has 0 aromatic carbocycles. The third-order valence-corrected chi connectivity index (χ3v) is 2.56. The monoisotopic (exact) mass is 238 g/mol. The van der Waals surface area contributed by atoms with Gasteiger partial charge >= 0.3 is 0 Å². The summed E-state index contributed by atoms with van der Waals surface area (Å²) in [6.45, 7) is 0. The zero-order valence-electron chi connectivity index (χ0n) is 9.45. The Hall–Kier alpha value is -2.69. The molecule has 0 aliphatic heterocycles. The lowest BCUT2D eigenvalue weighted by molar-refractivity contribution is 0.833. The number of aromatic amines is 1. The lowest BCUT2D eigenvalue weighted by atomic mass is 10.2. The van der Waals surface area contributed by atoms with Crippen LogP contribution in [0.25, 0.3) is 17.1 Å². The quantitative estimate of drug-likeness (QED) is 0.738. The predicted octanol–water partition coefficient (Wildman–Crippen LogP) is 1.62. The van der Waals surface area contributed by atoms with Gasteiger partial charge in [-0.3, -0.25) is 14.9 Å². The molecule has 5 nitrogen and oxygen atoms in total. The highest BCUT2D eigenvalue weighted by molar-refractivity contribution is 5.56. The van der Waals surface area contributed by atoms with Crippen LogP contribution < -0.4 is 5.56 Å². The third kappa shape index (κ3) is 1.82. The average molecular weight is 238 g/mol. The van der Waals surface area contributed by atoms with Gasteiger partial charge in [0.2, 0.25) is 0 Å². The number of H-pyrrole nitrogens is 1. The van der Waals surface area contributed by atoms with Gasteiger partial charge in [0.15, 0.2) is 5.82 Å². The van der Waals surface area contributed by atoms with Gasteiger partial charge in [0, 0.05) is 18.6 Å². The van der Waals surface area contributed by atoms with Gasteiger partial charge in [-0.05, 0) is 24.3 Å². The average Bonchev–Trinajstić information content (AvgIpc) is 2.83. The van der Waals surface area contributed by atoms with Gasteiger partial charge in [0.05, 0.1) is 11.3 Å². The summed E-state index contributed by atoms with van der Waals surface area (Å²) in [7, 11) is 0. The van der Waals surface area contributed by atoms with Gasteiger partial charge in [0.1, 0.15) is 0 Å². The van der Waals surface area contributed by atoms with Crippen molar-refractivity contribution in [1.82, 2.24) is 19.7 Å². The van der Waals surface area contributed by atoms with E-state index >= 15 is 0 Å². The van der Waals surface area contributed by atoms with Crippen molar-refractivity contribution < 1.29 is 0 Å². The second-order valence-corrected chi connectivity index (χ2v) is 3.76. The van der Waals surface area contributed by atoms with Gasteiger partial charge in [0.25, 0.3) is 5.56 Å². The van der Waals surface area contributed by atoms with Crippen molar-refractivity contribution in [1.29, 1.82) is 0 Å². The van der Waals surface area contributed by atoms with E-state index in [4.69, 9.17) is 0 Å². The first-order chi connectivity index (χ1) is 8.84. The van der Waals surface area contributed by atoms with Crippen LogP contribution >= 0.6 is 0 Å². The Morgan fingerprint density at radius 1 is 1.00 bits per heavy atom. The largest absolute Gasteiger partial charge is 0.273 e. The molecule has 0 bridgehead atoms. The molecule has 0 saturated carbocycles. The third-order valence-electron chi connectivity index (χ3n) is 2.56. The summed E-state index contributed by atoms with van der Waals surface area (Å²) in [5.41, 5.74) is 0.994. The van der Waals surface area contributed by atoms with E-state index in [0.29, 0.717) is 17.1 Å². The molecule has 0 aliphatic rings. The zero-order valence-corrected chi connectivity index (χ0v) is 9.45. The molecule has 0 unspecified atom stereocenters. The molecule has 0 atom stereocenters. The number of hydrogen-bond acceptors (Lipinski definition) is 3. The van der Waals surface area contributed by atoms with Crippen LogP contribution in [0.4, 0.5) is 0 Å². The van der Waals surface area contributed by atoms with Crippen molar-refractivity contribution in [2.24, 2.45) is 0 Å². The molecule has 3 heterocycles. The predicted molar refractivity (Wildman–Crippen MR) is 67.4 cm³/mol. The molecule has 3 rings (SSSR count). The molecule has 18 heavy (non-hydrogen) atoms. The molecule has 0 fully saturated rings. The van der Waals surface area contributed by atoms with Crippen molar-refractivity contribution >= 4 is 0 Å². The number of nitrogens with zero attached hydrogens (tertiary/aromatic N) is 3. The molecular weight excluding hydrogens is 228 g/mol. The molecule has 3 aromatic rings. The van der Waals surface area contributed by atoms with Crippen molar-refractivity contribution in [3.8, 4) is 17.1 Å². The topological polar surface area (TPSA) is 63.6 Å². The standard InChI is InChI=1S/C13H10N4O/c18-13-10(11-5-1-3-7-14-11)9-17(16-13)12-6-2-4-8-15-12/h1-9H,(H,16,18). The number of hydrogen-bond donors (Lipinski definition) is 1. The molecule has 0 saturated heterocycles. The molecular formula is C13H10N4O. The summed E-state index contributed by atoms with van der Waals surface area (Å²) in [6, 6.07) is 11.0. The highest BCUT2D eigenvalue weighted by atomic mass is 16.1. The Balaban J connectivity index is 2.10. The number of nitrogens with one attached hydrogen (secondary N) is 1. The Kier molecular flexibility index (Phi) is 2.49. The maximum Gasteiger partial charge on any atom is 0.273 e. The van der Waals surface area contributed by atoms with Crippen molar-refractivity contribution in [3.63, 3.8) is 0 Å². The van der Waals surface area contributed by atoms with E-state index in [2.05, 4.69) is 15.1 Å². The van der Waals surface area contributed by atoms with Gasteiger partial charge < -0.3 is 0 Å². The highest BCUT2D eigenvalue weighted by Crippen LogP contribution is 2.12. The van der Waals surface area contributed by atoms with Crippen LogP contribution in [0.2, 0.25) is 0 Å². The molecule has 5 heteroatoms. The van der Waals surface area contributed by atoms with E-state index in [-0.39, 0.29) is 5.56 Å². The van der Waals surface area contributed by atoms with Crippen molar-refractivity contribution in [3.05, 3.63) is 65.3 Å². The van der Waals surface area contributed by atoms with Crippen molar-refractivity contribution in [2.75, 3.05) is 0 Å². The fraction of sp³-hybridized carbons (Fsp3) is 0. The van der Waals surface area contributed by atoms with E-state index in [0.717, 1.165) is 0 Å². The van der Waals surface area contributed by atoms with Gasteiger partial charge in [-0.25, -0.2) is 9.67 Å². The molecule has 0 aliphatic carbocycles. The number of rotatable bonds is 2. The van der Waals surface area contributed by atoms with E-state index < -0.39 is 0 Å². The Labute approximate surface area is 103 Å². The molecule has 0 radical (unpaired) electrons. The van der Waals surface area contributed by atoms with Crippen LogP contribution in [-0.4, -0.2) is 19.7 Å². The zero-order chi connectivity index (χ0) is 12.4. The van der Waals surface area contributed by atoms with Crippen LogP contribution in [0.3, 0.4) is 0 Å². The summed E-state index contributed by atoms with van der Waals surface area (Å²) in [5, 5.41) is 2.72. The van der Waals surface area contributed by atoms with E-state index in [9.17, 15) is 4.79 Å². The van der Waals surface area contributed by atoms with Crippen molar-refractivity contribution in [2.45, 2.75) is 0 Å². The van der Waals surface area contributed by atoms with Crippen LogP contribution in [0.15, 0.2) is 59.8 Å². The Morgan fingerprint density at radius 2 is 1.78 bits per heavy atom. The SMILES string of the molecule is O=c1[nH]n(-c2ccccn2)cc1-c1ccccn1. The molecule has 1 N–H and O–H groups in total. The highest BCUT2D eigenvalue weighted by Gasteiger charge is 2.08. The second kappa shape index (κ2) is 4.29. The smallest absolute Gasteiger partial charge is 0.267 e. The molecule has 3 aromatic heterocycles. The maximum absolute atomic E-state index is 11.9. The first kappa shape index (κ1) is 10.5. The van der Waals surface area contributed by atoms with Crippen LogP contribution in [0.1, 0.15) is 0 Å². The van der Waals surface area contributed by atoms with Gasteiger partial charge in [-0.2, -0.15) is 0 Å².